The molecule has 0 saturated heterocycles. The van der Waals surface area contributed by atoms with Crippen molar-refractivity contribution in [1.82, 2.24) is 14.8 Å². The van der Waals surface area contributed by atoms with Crippen molar-refractivity contribution in [3.8, 4) is 11.3 Å². The van der Waals surface area contributed by atoms with E-state index in [9.17, 15) is 4.39 Å². The molecule has 4 heteroatoms. The molecular formula is C15H14FN3. The minimum Gasteiger partial charge on any atom is -0.262 e. The molecule has 0 spiro atoms. The Kier molecular flexibility index (Phi) is 2.78. The van der Waals surface area contributed by atoms with Crippen LogP contribution in [0.25, 0.3) is 22.2 Å². The highest BCUT2D eigenvalue weighted by molar-refractivity contribution is 5.92. The minimum atomic E-state index is -0.248. The Labute approximate surface area is 110 Å². The first kappa shape index (κ1) is 11.8. The number of hydrogen-bond donors (Lipinski definition) is 0. The fourth-order valence-corrected chi connectivity index (χ4v) is 2.28. The Morgan fingerprint density at radius 1 is 1.11 bits per heavy atom. The maximum absolute atomic E-state index is 13.8. The summed E-state index contributed by atoms with van der Waals surface area (Å²) in [7, 11) is 0. The quantitative estimate of drug-likeness (QED) is 0.697. The molecule has 19 heavy (non-hydrogen) atoms. The van der Waals surface area contributed by atoms with Crippen molar-refractivity contribution < 1.29 is 4.39 Å². The topological polar surface area (TPSA) is 30.7 Å². The molecule has 96 valence electrons. The molecule has 0 aliphatic carbocycles. The van der Waals surface area contributed by atoms with Crippen molar-refractivity contribution in [1.29, 1.82) is 0 Å². The monoisotopic (exact) mass is 255 g/mol. The van der Waals surface area contributed by atoms with E-state index in [0.717, 1.165) is 11.3 Å². The summed E-state index contributed by atoms with van der Waals surface area (Å²) in [5, 5.41) is 4.85. The molecular weight excluding hydrogens is 241 g/mol. The van der Waals surface area contributed by atoms with Crippen LogP contribution in [0.2, 0.25) is 0 Å². The number of hydrogen-bond acceptors (Lipinski definition) is 2. The Morgan fingerprint density at radius 2 is 1.95 bits per heavy atom. The number of nitrogens with zero attached hydrogens (tertiary/aromatic N) is 3. The van der Waals surface area contributed by atoms with Gasteiger partial charge in [0.25, 0.3) is 0 Å². The van der Waals surface area contributed by atoms with E-state index < -0.39 is 0 Å². The molecule has 0 unspecified atom stereocenters. The molecule has 2 aromatic heterocycles. The first-order chi connectivity index (χ1) is 9.18. The number of rotatable bonds is 2. The molecule has 0 atom stereocenters. The first-order valence-electron chi connectivity index (χ1n) is 6.25. The Morgan fingerprint density at radius 3 is 2.74 bits per heavy atom. The van der Waals surface area contributed by atoms with Crippen molar-refractivity contribution in [3.63, 3.8) is 0 Å². The van der Waals surface area contributed by atoms with Crippen LogP contribution < -0.4 is 0 Å². The van der Waals surface area contributed by atoms with Crippen LogP contribution in [-0.2, 0) is 0 Å². The van der Waals surface area contributed by atoms with Crippen LogP contribution >= 0.6 is 0 Å². The van der Waals surface area contributed by atoms with Crippen molar-refractivity contribution >= 4 is 10.9 Å². The normalized spacial score (nSPS) is 11.4. The van der Waals surface area contributed by atoms with Gasteiger partial charge in [-0.3, -0.25) is 9.67 Å². The average Bonchev–Trinajstić information content (AvgIpc) is 2.89. The van der Waals surface area contributed by atoms with Crippen molar-refractivity contribution in [3.05, 3.63) is 48.5 Å². The standard InChI is InChI=1S/C15H14FN3/c1-10(2)19-14(7-9-18-19)12-5-6-13(16)11-4-3-8-17-15(11)12/h3-10H,1-2H3. The zero-order chi connectivity index (χ0) is 13.4. The Balaban J connectivity index is 2.31. The number of aromatic nitrogens is 3. The summed E-state index contributed by atoms with van der Waals surface area (Å²) in [5.41, 5.74) is 2.53. The summed E-state index contributed by atoms with van der Waals surface area (Å²) in [6.07, 6.45) is 3.44. The number of fused-ring (bicyclic) bond motifs is 1. The maximum Gasteiger partial charge on any atom is 0.132 e. The third-order valence-electron chi connectivity index (χ3n) is 3.15. The smallest absolute Gasteiger partial charge is 0.132 e. The van der Waals surface area contributed by atoms with E-state index in [2.05, 4.69) is 23.9 Å². The molecule has 0 saturated carbocycles. The Hall–Kier alpha value is -2.23. The van der Waals surface area contributed by atoms with Crippen LogP contribution in [0.15, 0.2) is 42.7 Å². The van der Waals surface area contributed by atoms with Crippen LogP contribution in [0.4, 0.5) is 4.39 Å². The van der Waals surface area contributed by atoms with Gasteiger partial charge in [0.2, 0.25) is 0 Å². The molecule has 0 fully saturated rings. The van der Waals surface area contributed by atoms with Crippen molar-refractivity contribution in [2.75, 3.05) is 0 Å². The average molecular weight is 255 g/mol. The van der Waals surface area contributed by atoms with Gasteiger partial charge in [0, 0.05) is 29.4 Å². The van der Waals surface area contributed by atoms with Crippen LogP contribution in [-0.4, -0.2) is 14.8 Å². The Bertz CT molecular complexity index is 731. The van der Waals surface area contributed by atoms with E-state index in [1.165, 1.54) is 6.07 Å². The number of halogens is 1. The number of benzene rings is 1. The second-order valence-electron chi connectivity index (χ2n) is 4.75. The van der Waals surface area contributed by atoms with Crippen LogP contribution in [0.3, 0.4) is 0 Å². The lowest BCUT2D eigenvalue weighted by Crippen LogP contribution is -2.05. The third kappa shape index (κ3) is 1.89. The predicted molar refractivity (Wildman–Crippen MR) is 73.3 cm³/mol. The van der Waals surface area contributed by atoms with Gasteiger partial charge in [0.15, 0.2) is 0 Å². The van der Waals surface area contributed by atoms with Crippen LogP contribution in [0.5, 0.6) is 0 Å². The predicted octanol–water partition coefficient (Wildman–Crippen LogP) is 3.82. The van der Waals surface area contributed by atoms with Gasteiger partial charge in [-0.1, -0.05) is 0 Å². The van der Waals surface area contributed by atoms with Crippen LogP contribution in [0, 0.1) is 5.82 Å². The molecule has 0 amide bonds. The van der Waals surface area contributed by atoms with Gasteiger partial charge in [-0.15, -0.1) is 0 Å². The van der Waals surface area contributed by atoms with E-state index in [0.29, 0.717) is 10.9 Å². The summed E-state index contributed by atoms with van der Waals surface area (Å²) in [4.78, 5) is 4.32. The summed E-state index contributed by atoms with van der Waals surface area (Å²) >= 11 is 0. The van der Waals surface area contributed by atoms with Gasteiger partial charge in [0.1, 0.15) is 5.82 Å². The van der Waals surface area contributed by atoms with E-state index in [1.54, 1.807) is 30.6 Å². The zero-order valence-electron chi connectivity index (χ0n) is 10.8. The van der Waals surface area contributed by atoms with Gasteiger partial charge < -0.3 is 0 Å². The first-order valence-corrected chi connectivity index (χ1v) is 6.25. The van der Waals surface area contributed by atoms with Crippen molar-refractivity contribution in [2.24, 2.45) is 0 Å². The van der Waals surface area contributed by atoms with Gasteiger partial charge in [0.05, 0.1) is 11.2 Å². The molecule has 0 aliphatic rings. The summed E-state index contributed by atoms with van der Waals surface area (Å²) in [6.45, 7) is 4.13. The van der Waals surface area contributed by atoms with Gasteiger partial charge in [-0.05, 0) is 44.2 Å². The lowest BCUT2D eigenvalue weighted by atomic mass is 10.1. The maximum atomic E-state index is 13.8. The molecule has 0 bridgehead atoms. The SMILES string of the molecule is CC(C)n1nccc1-c1ccc(F)c2cccnc12. The molecule has 2 heterocycles. The summed E-state index contributed by atoms with van der Waals surface area (Å²) < 4.78 is 15.7. The molecule has 0 radical (unpaired) electrons. The van der Waals surface area contributed by atoms with E-state index in [1.807, 2.05) is 10.7 Å². The molecule has 3 aromatic rings. The summed E-state index contributed by atoms with van der Waals surface area (Å²) in [6, 6.07) is 8.92. The van der Waals surface area contributed by atoms with Gasteiger partial charge in [-0.2, -0.15) is 5.10 Å². The molecule has 1 aromatic carbocycles. The number of pyridine rings is 1. The van der Waals surface area contributed by atoms with Gasteiger partial charge in [-0.25, -0.2) is 4.39 Å². The van der Waals surface area contributed by atoms with Gasteiger partial charge >= 0.3 is 0 Å². The second kappa shape index (κ2) is 4.46. The van der Waals surface area contributed by atoms with E-state index in [4.69, 9.17) is 0 Å². The largest absolute Gasteiger partial charge is 0.262 e. The minimum absolute atomic E-state index is 0.244. The van der Waals surface area contributed by atoms with Crippen molar-refractivity contribution in [2.45, 2.75) is 19.9 Å². The molecule has 3 rings (SSSR count). The molecule has 0 aliphatic heterocycles. The van der Waals surface area contributed by atoms with Crippen LogP contribution in [0.1, 0.15) is 19.9 Å². The van der Waals surface area contributed by atoms with E-state index >= 15 is 0 Å². The highest BCUT2D eigenvalue weighted by atomic mass is 19.1. The van der Waals surface area contributed by atoms with E-state index in [-0.39, 0.29) is 11.9 Å². The molecule has 3 nitrogen and oxygen atoms in total. The second-order valence-corrected chi connectivity index (χ2v) is 4.75. The lowest BCUT2D eigenvalue weighted by molar-refractivity contribution is 0.538. The summed E-state index contributed by atoms with van der Waals surface area (Å²) in [5.74, 6) is -0.248. The zero-order valence-corrected chi connectivity index (χ0v) is 10.8. The fraction of sp³-hybridized carbons (Fsp3) is 0.200. The lowest BCUT2D eigenvalue weighted by Gasteiger charge is -2.12. The fourth-order valence-electron chi connectivity index (χ4n) is 2.28. The highest BCUT2D eigenvalue weighted by Crippen LogP contribution is 2.29. The highest BCUT2D eigenvalue weighted by Gasteiger charge is 2.13. The third-order valence-corrected chi connectivity index (χ3v) is 3.15. The molecule has 0 N–H and O–H groups in total.